The van der Waals surface area contributed by atoms with Crippen LogP contribution in [0.3, 0.4) is 0 Å². The molecule has 0 spiro atoms. The predicted molar refractivity (Wildman–Crippen MR) is 123 cm³/mol. The number of hydrogen-bond donors (Lipinski definition) is 1. The zero-order valence-corrected chi connectivity index (χ0v) is 19.2. The van der Waals surface area contributed by atoms with Crippen LogP contribution in [0.25, 0.3) is 6.08 Å². The van der Waals surface area contributed by atoms with E-state index in [0.717, 1.165) is 5.56 Å². The largest absolute Gasteiger partial charge is 0.496 e. The van der Waals surface area contributed by atoms with E-state index in [1.165, 1.54) is 22.5 Å². The minimum Gasteiger partial charge on any atom is -0.496 e. The Labute approximate surface area is 192 Å². The van der Waals surface area contributed by atoms with Gasteiger partial charge in [0.15, 0.2) is 6.10 Å². The van der Waals surface area contributed by atoms with E-state index >= 15 is 0 Å². The maximum atomic E-state index is 13.1. The van der Waals surface area contributed by atoms with E-state index in [4.69, 9.17) is 9.47 Å². The average molecular weight is 472 g/mol. The SMILES string of the molecule is COc1ccccc1C=CC(=O)N1CCN(S(=O)(=O)c2ccc3c(c2)NC(=O)C(C)O3)CC1. The van der Waals surface area contributed by atoms with Gasteiger partial charge in [-0.25, -0.2) is 8.42 Å². The summed E-state index contributed by atoms with van der Waals surface area (Å²) >= 11 is 0. The molecule has 2 aliphatic rings. The maximum Gasteiger partial charge on any atom is 0.265 e. The van der Waals surface area contributed by atoms with E-state index in [9.17, 15) is 18.0 Å². The molecule has 0 radical (unpaired) electrons. The number of hydrogen-bond acceptors (Lipinski definition) is 6. The van der Waals surface area contributed by atoms with Gasteiger partial charge in [-0.3, -0.25) is 9.59 Å². The van der Waals surface area contributed by atoms with E-state index in [2.05, 4.69) is 5.32 Å². The molecule has 174 valence electrons. The lowest BCUT2D eigenvalue weighted by Crippen LogP contribution is -2.50. The van der Waals surface area contributed by atoms with E-state index in [1.807, 2.05) is 24.3 Å². The fourth-order valence-electron chi connectivity index (χ4n) is 3.72. The molecule has 9 nitrogen and oxygen atoms in total. The van der Waals surface area contributed by atoms with Gasteiger partial charge in [0.1, 0.15) is 11.5 Å². The molecular weight excluding hydrogens is 446 g/mol. The molecule has 2 aliphatic heterocycles. The Hall–Kier alpha value is -3.37. The molecule has 2 amide bonds. The molecule has 0 aromatic heterocycles. The van der Waals surface area contributed by atoms with E-state index in [1.54, 1.807) is 31.1 Å². The lowest BCUT2D eigenvalue weighted by molar-refractivity contribution is -0.127. The van der Waals surface area contributed by atoms with Gasteiger partial charge in [-0.1, -0.05) is 18.2 Å². The molecule has 1 atom stereocenters. The molecule has 1 fully saturated rings. The van der Waals surface area contributed by atoms with E-state index < -0.39 is 16.1 Å². The molecule has 10 heteroatoms. The van der Waals surface area contributed by atoms with Gasteiger partial charge < -0.3 is 19.7 Å². The summed E-state index contributed by atoms with van der Waals surface area (Å²) in [5, 5.41) is 2.67. The molecule has 0 saturated carbocycles. The fourth-order valence-corrected chi connectivity index (χ4v) is 5.17. The molecular formula is C23H25N3O6S. The Balaban J connectivity index is 1.41. The highest BCUT2D eigenvalue weighted by Crippen LogP contribution is 2.33. The zero-order chi connectivity index (χ0) is 23.6. The van der Waals surface area contributed by atoms with Crippen LogP contribution in [0.4, 0.5) is 5.69 Å². The van der Waals surface area contributed by atoms with Gasteiger partial charge in [-0.15, -0.1) is 0 Å². The summed E-state index contributed by atoms with van der Waals surface area (Å²) in [6.45, 7) is 2.52. The third-order valence-electron chi connectivity index (χ3n) is 5.61. The molecule has 2 aromatic rings. The minimum absolute atomic E-state index is 0.0653. The molecule has 2 aromatic carbocycles. The summed E-state index contributed by atoms with van der Waals surface area (Å²) in [7, 11) is -2.22. The number of benzene rings is 2. The quantitative estimate of drug-likeness (QED) is 0.669. The molecule has 1 unspecified atom stereocenters. The van der Waals surface area contributed by atoms with Gasteiger partial charge in [0.2, 0.25) is 15.9 Å². The monoisotopic (exact) mass is 471 g/mol. The number of carbonyl (C=O) groups is 2. The summed E-state index contributed by atoms with van der Waals surface area (Å²) in [4.78, 5) is 26.1. The van der Waals surface area contributed by atoms with Gasteiger partial charge in [-0.2, -0.15) is 4.31 Å². The lowest BCUT2D eigenvalue weighted by Gasteiger charge is -2.33. The van der Waals surface area contributed by atoms with Crippen molar-refractivity contribution in [1.82, 2.24) is 9.21 Å². The summed E-state index contributed by atoms with van der Waals surface area (Å²) in [5.41, 5.74) is 1.11. The van der Waals surface area contributed by atoms with Crippen LogP contribution in [0.15, 0.2) is 53.4 Å². The van der Waals surface area contributed by atoms with Crippen LogP contribution in [0.5, 0.6) is 11.5 Å². The molecule has 33 heavy (non-hydrogen) atoms. The second-order valence-corrected chi connectivity index (χ2v) is 9.65. The molecule has 1 saturated heterocycles. The van der Waals surface area contributed by atoms with Crippen LogP contribution in [0.2, 0.25) is 0 Å². The van der Waals surface area contributed by atoms with E-state index in [0.29, 0.717) is 17.2 Å². The molecule has 0 aliphatic carbocycles. The summed E-state index contributed by atoms with van der Waals surface area (Å²) in [6.07, 6.45) is 2.52. The Bertz CT molecular complexity index is 1200. The number of amides is 2. The number of nitrogens with zero attached hydrogens (tertiary/aromatic N) is 2. The van der Waals surface area contributed by atoms with Crippen molar-refractivity contribution in [2.75, 3.05) is 38.6 Å². The van der Waals surface area contributed by atoms with Crippen molar-refractivity contribution < 1.29 is 27.5 Å². The maximum absolute atomic E-state index is 13.1. The second-order valence-electron chi connectivity index (χ2n) is 7.71. The van der Waals surface area contributed by atoms with Gasteiger partial charge >= 0.3 is 0 Å². The van der Waals surface area contributed by atoms with Gasteiger partial charge in [0.25, 0.3) is 5.91 Å². The highest BCUT2D eigenvalue weighted by Gasteiger charge is 2.31. The smallest absolute Gasteiger partial charge is 0.265 e. The minimum atomic E-state index is -3.79. The second kappa shape index (κ2) is 9.24. The number of fused-ring (bicyclic) bond motifs is 1. The Morgan fingerprint density at radius 2 is 1.88 bits per heavy atom. The number of carbonyl (C=O) groups excluding carboxylic acids is 2. The Morgan fingerprint density at radius 3 is 2.61 bits per heavy atom. The summed E-state index contributed by atoms with van der Waals surface area (Å²) < 4.78 is 38.3. The first-order valence-electron chi connectivity index (χ1n) is 10.5. The number of ether oxygens (including phenoxy) is 2. The van der Waals surface area contributed by atoms with Crippen molar-refractivity contribution in [3.05, 3.63) is 54.1 Å². The number of piperazine rings is 1. The molecule has 4 rings (SSSR count). The average Bonchev–Trinajstić information content (AvgIpc) is 2.83. The van der Waals surface area contributed by atoms with Gasteiger partial charge in [-0.05, 0) is 37.3 Å². The molecule has 0 bridgehead atoms. The first-order chi connectivity index (χ1) is 15.8. The third kappa shape index (κ3) is 4.71. The number of methoxy groups -OCH3 is 1. The van der Waals surface area contributed by atoms with Crippen LogP contribution in [0.1, 0.15) is 12.5 Å². The summed E-state index contributed by atoms with van der Waals surface area (Å²) in [5.74, 6) is 0.572. The lowest BCUT2D eigenvalue weighted by atomic mass is 10.2. The number of anilines is 1. The van der Waals surface area contributed by atoms with Gasteiger partial charge in [0, 0.05) is 37.8 Å². The van der Waals surface area contributed by atoms with Crippen LogP contribution < -0.4 is 14.8 Å². The third-order valence-corrected chi connectivity index (χ3v) is 7.51. The standard InChI is InChI=1S/C23H25N3O6S/c1-16-23(28)24-19-15-18(8-9-21(19)32-16)33(29,30)26-13-11-25(12-14-26)22(27)10-7-17-5-3-4-6-20(17)31-2/h3-10,15-16H,11-14H2,1-2H3,(H,24,28). The highest BCUT2D eigenvalue weighted by molar-refractivity contribution is 7.89. The van der Waals surface area contributed by atoms with E-state index in [-0.39, 0.29) is 42.9 Å². The topological polar surface area (TPSA) is 105 Å². The van der Waals surface area contributed by atoms with Crippen molar-refractivity contribution in [3.8, 4) is 11.5 Å². The van der Waals surface area contributed by atoms with Crippen molar-refractivity contribution in [2.24, 2.45) is 0 Å². The van der Waals surface area contributed by atoms with Crippen molar-refractivity contribution in [3.63, 3.8) is 0 Å². The van der Waals surface area contributed by atoms with Crippen LogP contribution in [-0.4, -0.2) is 68.8 Å². The number of nitrogens with one attached hydrogen (secondary N) is 1. The Kier molecular flexibility index (Phi) is 6.39. The van der Waals surface area contributed by atoms with Crippen molar-refractivity contribution >= 4 is 33.6 Å². The van der Waals surface area contributed by atoms with Crippen molar-refractivity contribution in [2.45, 2.75) is 17.9 Å². The number of sulfonamides is 1. The highest BCUT2D eigenvalue weighted by atomic mass is 32.2. The van der Waals surface area contributed by atoms with Gasteiger partial charge in [0.05, 0.1) is 17.7 Å². The van der Waals surface area contributed by atoms with Crippen LogP contribution in [0, 0.1) is 0 Å². The first kappa shape index (κ1) is 22.8. The number of para-hydroxylation sites is 1. The molecule has 2 heterocycles. The van der Waals surface area contributed by atoms with Crippen LogP contribution >= 0.6 is 0 Å². The van der Waals surface area contributed by atoms with Crippen molar-refractivity contribution in [1.29, 1.82) is 0 Å². The first-order valence-corrected chi connectivity index (χ1v) is 12.0. The normalized spacial score (nSPS) is 19.0. The predicted octanol–water partition coefficient (Wildman–Crippen LogP) is 1.96. The molecule has 1 N–H and O–H groups in total. The van der Waals surface area contributed by atoms with Crippen LogP contribution in [-0.2, 0) is 19.6 Å². The Morgan fingerprint density at radius 1 is 1.15 bits per heavy atom. The zero-order valence-electron chi connectivity index (χ0n) is 18.4. The number of rotatable bonds is 5. The summed E-state index contributed by atoms with van der Waals surface area (Å²) in [6, 6.07) is 11.8. The fraction of sp³-hybridized carbons (Fsp3) is 0.304.